The number of nitrogens with zero attached hydrogens (tertiary/aromatic N) is 2. The van der Waals surface area contributed by atoms with E-state index in [4.69, 9.17) is 2.74 Å². The second kappa shape index (κ2) is 12.2. The van der Waals surface area contributed by atoms with Crippen molar-refractivity contribution in [3.8, 4) is 0 Å². The third-order valence-electron chi connectivity index (χ3n) is 6.87. The average Bonchev–Trinajstić information content (AvgIpc) is 2.87. The van der Waals surface area contributed by atoms with Gasteiger partial charge in [0.25, 0.3) is 11.8 Å². The predicted molar refractivity (Wildman–Crippen MR) is 131 cm³/mol. The highest BCUT2D eigenvalue weighted by molar-refractivity contribution is 6.30. The van der Waals surface area contributed by atoms with E-state index in [1.807, 2.05) is 0 Å². The molecule has 13 nitrogen and oxygen atoms in total. The van der Waals surface area contributed by atoms with Gasteiger partial charge < -0.3 is 35.5 Å². The lowest BCUT2D eigenvalue weighted by Gasteiger charge is -2.50. The first kappa shape index (κ1) is 30.5. The van der Waals surface area contributed by atoms with Crippen molar-refractivity contribution >= 4 is 35.1 Å². The number of aliphatic carboxylic acids is 1. The molecule has 0 aromatic rings. The molecule has 0 aromatic heterocycles. The van der Waals surface area contributed by atoms with Crippen LogP contribution >= 0.6 is 0 Å². The van der Waals surface area contributed by atoms with Crippen molar-refractivity contribution in [3.63, 3.8) is 0 Å². The van der Waals surface area contributed by atoms with Gasteiger partial charge in [-0.05, 0) is 47.6 Å². The number of carboxylic acids is 1. The molecule has 0 fully saturated rings. The summed E-state index contributed by atoms with van der Waals surface area (Å²) in [6.45, 7) is 7.49. The highest BCUT2D eigenvalue weighted by atomic mass is 16.4. The van der Waals surface area contributed by atoms with Gasteiger partial charge in [-0.25, -0.2) is 4.79 Å². The van der Waals surface area contributed by atoms with Gasteiger partial charge in [-0.15, -0.1) is 0 Å². The Balaban J connectivity index is 8.14. The van der Waals surface area contributed by atoms with Gasteiger partial charge >= 0.3 is 5.97 Å². The van der Waals surface area contributed by atoms with E-state index >= 15 is 0 Å². The Morgan fingerprint density at radius 2 is 1.38 bits per heavy atom. The number of rotatable bonds is 14. The Hall–Kier alpha value is -2.74. The molecule has 0 radical (unpaired) electrons. The Morgan fingerprint density at radius 1 is 0.919 bits per heavy atom. The van der Waals surface area contributed by atoms with E-state index in [0.717, 1.165) is 27.8 Å². The zero-order valence-electron chi connectivity index (χ0n) is 24.6. The fourth-order valence-electron chi connectivity index (χ4n) is 4.14. The first-order valence-corrected chi connectivity index (χ1v) is 11.6. The third-order valence-corrected chi connectivity index (χ3v) is 6.87. The van der Waals surface area contributed by atoms with Crippen LogP contribution in [0, 0.1) is 5.92 Å². The van der Waals surface area contributed by atoms with Crippen LogP contribution in [-0.2, 0) is 28.8 Å². The maximum absolute atomic E-state index is 14.8. The second-order valence-electron chi connectivity index (χ2n) is 9.49. The van der Waals surface area contributed by atoms with Crippen LogP contribution < -0.4 is 5.32 Å². The molecule has 212 valence electrons. The fourth-order valence-corrected chi connectivity index (χ4v) is 4.14. The van der Waals surface area contributed by atoms with Gasteiger partial charge in [-0.3, -0.25) is 24.0 Å². The molecular formula is C24H41N3O10. The normalized spacial score (nSPS) is 20.3. The summed E-state index contributed by atoms with van der Waals surface area (Å²) >= 11 is 0. The molecule has 0 saturated heterocycles. The molecule has 5 N–H and O–H groups in total. The number of aliphatic hydroxyl groups excluding tert-OH is 2. The summed E-state index contributed by atoms with van der Waals surface area (Å²) in [6.07, 6.45) is -3.67. The number of hydrogen-bond donors (Lipinski definition) is 5. The minimum absolute atomic E-state index is 0.00662. The van der Waals surface area contributed by atoms with Crippen molar-refractivity contribution in [2.75, 3.05) is 21.1 Å². The Bertz CT molecular complexity index is 974. The summed E-state index contributed by atoms with van der Waals surface area (Å²) in [4.78, 5) is 81.5. The molecule has 0 rings (SSSR count). The summed E-state index contributed by atoms with van der Waals surface area (Å²) in [5.74, 6) is -10.2. The van der Waals surface area contributed by atoms with Gasteiger partial charge in [0.15, 0.2) is 22.6 Å². The number of carbonyl (C=O) groups excluding carboxylic acids is 5. The zero-order valence-corrected chi connectivity index (χ0v) is 22.6. The number of likely N-dealkylation sites (N-methyl/N-ethyl adjacent to an activating group) is 3. The van der Waals surface area contributed by atoms with Crippen molar-refractivity contribution in [3.05, 3.63) is 0 Å². The zero-order chi connectivity index (χ0) is 31.3. The molecule has 2 amide bonds. The lowest BCUT2D eigenvalue weighted by atomic mass is 9.65. The summed E-state index contributed by atoms with van der Waals surface area (Å²) in [6, 6.07) is -1.32. The van der Waals surface area contributed by atoms with Crippen LogP contribution in [0.3, 0.4) is 0 Å². The van der Waals surface area contributed by atoms with Gasteiger partial charge in [-0.1, -0.05) is 20.3 Å². The quantitative estimate of drug-likeness (QED) is 0.160. The van der Waals surface area contributed by atoms with E-state index in [1.54, 1.807) is 6.92 Å². The summed E-state index contributed by atoms with van der Waals surface area (Å²) in [5.41, 5.74) is -9.14. The number of carboxylic acid groups (broad SMARTS) is 1. The fraction of sp³-hybridized carbons (Fsp3) is 0.750. The Kier molecular flexibility index (Phi) is 10.1. The number of aliphatic hydroxyl groups is 3. The molecule has 37 heavy (non-hydrogen) atoms. The first-order valence-electron chi connectivity index (χ1n) is 13.0. The number of amides is 2. The smallest absolute Gasteiger partial charge is 0.343 e. The SMILES string of the molecule is [2H]CN[C@@H](C)C(=O)[C@@](C(=O)[C@](C)(C(=O)[C@@](C)(O)C(=O)O)N(C[2H])C(=O)[C@@H](C)O)([C@@H](C)CC)N(C)C(=O)[C@H](C)O. The molecule has 0 bridgehead atoms. The standard InChI is InChI=1S/C24H41N3O10/c1-11-12(2)24(16(30)13(3)25-8,27(10)18(32)15(5)29)20(34)22(6,26(9)17(31)14(4)28)19(33)23(7,37)21(35)36/h12-15,25,28-29,37H,11H2,1-10H3,(H,35,36)/t12-,13-,14+,15-,22-,23+,24+/m0/s1/i8D,9D. The highest BCUT2D eigenvalue weighted by Crippen LogP contribution is 2.38. The molecule has 0 saturated carbocycles. The molecule has 0 aliphatic carbocycles. The topological polar surface area (TPSA) is 202 Å². The van der Waals surface area contributed by atoms with Crippen LogP contribution in [0.1, 0.15) is 57.6 Å². The minimum Gasteiger partial charge on any atom is -0.479 e. The van der Waals surface area contributed by atoms with Crippen LogP contribution in [0.5, 0.6) is 0 Å². The number of Topliss-reactive ketones (excluding diaryl/α,β-unsaturated/α-hetero) is 3. The number of ketones is 3. The molecule has 0 aromatic carbocycles. The largest absolute Gasteiger partial charge is 0.479 e. The van der Waals surface area contributed by atoms with Gasteiger partial charge in [0.05, 0.1) is 6.04 Å². The average molecular weight is 534 g/mol. The van der Waals surface area contributed by atoms with Crippen molar-refractivity contribution in [1.29, 1.82) is 0 Å². The molecule has 0 spiro atoms. The van der Waals surface area contributed by atoms with Crippen LogP contribution in [0.4, 0.5) is 0 Å². The van der Waals surface area contributed by atoms with Gasteiger partial charge in [-0.2, -0.15) is 0 Å². The van der Waals surface area contributed by atoms with E-state index in [2.05, 4.69) is 5.32 Å². The maximum atomic E-state index is 14.8. The van der Waals surface area contributed by atoms with Gasteiger partial charge in [0.2, 0.25) is 11.4 Å². The summed E-state index contributed by atoms with van der Waals surface area (Å²) in [7, 11) is -0.700. The molecule has 7 atom stereocenters. The summed E-state index contributed by atoms with van der Waals surface area (Å²) < 4.78 is 15.4. The van der Waals surface area contributed by atoms with E-state index in [-0.39, 0.29) is 11.3 Å². The molecule has 0 unspecified atom stereocenters. The van der Waals surface area contributed by atoms with Gasteiger partial charge in [0, 0.05) is 16.8 Å². The molecule has 0 aliphatic heterocycles. The molecule has 13 heteroatoms. The Morgan fingerprint density at radius 3 is 1.73 bits per heavy atom. The molecule has 0 aliphatic rings. The van der Waals surface area contributed by atoms with Crippen molar-refractivity contribution in [2.45, 2.75) is 89.8 Å². The molecule has 0 heterocycles. The maximum Gasteiger partial charge on any atom is 0.343 e. The number of hydrogen-bond acceptors (Lipinski definition) is 10. The number of nitrogens with one attached hydrogen (secondary N) is 1. The van der Waals surface area contributed by atoms with E-state index < -0.39 is 90.0 Å². The van der Waals surface area contributed by atoms with E-state index in [9.17, 15) is 49.2 Å². The predicted octanol–water partition coefficient (Wildman–Crippen LogP) is -1.64. The lowest BCUT2D eigenvalue weighted by Crippen LogP contribution is -2.77. The van der Waals surface area contributed by atoms with Crippen LogP contribution in [0.15, 0.2) is 0 Å². The van der Waals surface area contributed by atoms with Crippen LogP contribution in [0.25, 0.3) is 0 Å². The summed E-state index contributed by atoms with van der Waals surface area (Å²) in [5, 5.41) is 42.8. The van der Waals surface area contributed by atoms with Crippen molar-refractivity contribution in [1.82, 2.24) is 15.1 Å². The third kappa shape index (κ3) is 5.74. The van der Waals surface area contributed by atoms with Crippen molar-refractivity contribution < 1.29 is 51.9 Å². The van der Waals surface area contributed by atoms with Crippen molar-refractivity contribution in [2.24, 2.45) is 5.92 Å². The van der Waals surface area contributed by atoms with Gasteiger partial charge in [0.1, 0.15) is 12.2 Å². The Labute approximate surface area is 219 Å². The van der Waals surface area contributed by atoms with E-state index in [1.165, 1.54) is 13.8 Å². The lowest BCUT2D eigenvalue weighted by molar-refractivity contribution is -0.178. The monoisotopic (exact) mass is 533 g/mol. The molecular weight excluding hydrogens is 490 g/mol. The van der Waals surface area contributed by atoms with Crippen LogP contribution in [0.2, 0.25) is 0 Å². The minimum atomic E-state index is -3.33. The van der Waals surface area contributed by atoms with Crippen LogP contribution in [-0.4, -0.2) is 121 Å². The first-order chi connectivity index (χ1) is 17.7. The number of carbonyl (C=O) groups is 6. The van der Waals surface area contributed by atoms with E-state index in [0.29, 0.717) is 11.8 Å². The second-order valence-corrected chi connectivity index (χ2v) is 9.49. The highest BCUT2D eigenvalue weighted by Gasteiger charge is 2.66.